The Balaban J connectivity index is 2.23. The van der Waals surface area contributed by atoms with Crippen LogP contribution in [0.4, 0.5) is 0 Å². The SMILES string of the molecule is COCCCC(N)CN1CC(C)CCC1C. The summed E-state index contributed by atoms with van der Waals surface area (Å²) in [6.45, 7) is 7.77. The van der Waals surface area contributed by atoms with Gasteiger partial charge >= 0.3 is 0 Å². The van der Waals surface area contributed by atoms with E-state index in [4.69, 9.17) is 10.5 Å². The largest absolute Gasteiger partial charge is 0.385 e. The van der Waals surface area contributed by atoms with E-state index < -0.39 is 0 Å². The molecule has 0 spiro atoms. The summed E-state index contributed by atoms with van der Waals surface area (Å²) in [4.78, 5) is 2.56. The molecule has 0 saturated carbocycles. The van der Waals surface area contributed by atoms with Crippen molar-refractivity contribution in [3.63, 3.8) is 0 Å². The summed E-state index contributed by atoms with van der Waals surface area (Å²) in [6.07, 6.45) is 4.85. The molecule has 3 atom stereocenters. The van der Waals surface area contributed by atoms with E-state index in [2.05, 4.69) is 18.7 Å². The molecule has 1 saturated heterocycles. The first-order valence-electron chi connectivity index (χ1n) is 6.62. The predicted octanol–water partition coefficient (Wildman–Crippen LogP) is 1.86. The van der Waals surface area contributed by atoms with Crippen LogP contribution in [0.15, 0.2) is 0 Å². The normalized spacial score (nSPS) is 29.2. The molecule has 16 heavy (non-hydrogen) atoms. The third-order valence-electron chi connectivity index (χ3n) is 3.64. The number of ether oxygens (including phenoxy) is 1. The molecule has 1 rings (SSSR count). The smallest absolute Gasteiger partial charge is 0.0462 e. The molecular weight excluding hydrogens is 200 g/mol. The molecule has 0 aromatic carbocycles. The Bertz CT molecular complexity index is 187. The quantitative estimate of drug-likeness (QED) is 0.705. The summed E-state index contributed by atoms with van der Waals surface area (Å²) in [5, 5.41) is 0. The molecule has 0 aliphatic carbocycles. The lowest BCUT2D eigenvalue weighted by molar-refractivity contribution is 0.113. The Hall–Kier alpha value is -0.120. The van der Waals surface area contributed by atoms with Gasteiger partial charge in [0.15, 0.2) is 0 Å². The lowest BCUT2D eigenvalue weighted by Crippen LogP contribution is -2.47. The predicted molar refractivity (Wildman–Crippen MR) is 68.5 cm³/mol. The zero-order valence-corrected chi connectivity index (χ0v) is 11.1. The zero-order valence-electron chi connectivity index (χ0n) is 11.1. The molecule has 96 valence electrons. The van der Waals surface area contributed by atoms with Gasteiger partial charge in [0.05, 0.1) is 0 Å². The van der Waals surface area contributed by atoms with Gasteiger partial charge in [-0.1, -0.05) is 6.92 Å². The van der Waals surface area contributed by atoms with Gasteiger partial charge in [-0.25, -0.2) is 0 Å². The number of nitrogens with zero attached hydrogens (tertiary/aromatic N) is 1. The molecule has 0 amide bonds. The highest BCUT2D eigenvalue weighted by molar-refractivity contribution is 4.79. The van der Waals surface area contributed by atoms with Crippen molar-refractivity contribution >= 4 is 0 Å². The van der Waals surface area contributed by atoms with Gasteiger partial charge in [-0.2, -0.15) is 0 Å². The first kappa shape index (κ1) is 13.9. The van der Waals surface area contributed by atoms with Gasteiger partial charge < -0.3 is 10.5 Å². The van der Waals surface area contributed by atoms with Crippen LogP contribution in [0.2, 0.25) is 0 Å². The number of methoxy groups -OCH3 is 1. The third-order valence-corrected chi connectivity index (χ3v) is 3.64. The van der Waals surface area contributed by atoms with E-state index in [1.54, 1.807) is 7.11 Å². The van der Waals surface area contributed by atoms with Crippen LogP contribution < -0.4 is 5.73 Å². The van der Waals surface area contributed by atoms with Crippen molar-refractivity contribution in [1.29, 1.82) is 0 Å². The number of hydrogen-bond acceptors (Lipinski definition) is 3. The van der Waals surface area contributed by atoms with Crippen LogP contribution in [0.5, 0.6) is 0 Å². The van der Waals surface area contributed by atoms with Gasteiger partial charge in [-0.15, -0.1) is 0 Å². The van der Waals surface area contributed by atoms with Gasteiger partial charge in [0, 0.05) is 38.9 Å². The van der Waals surface area contributed by atoms with Crippen LogP contribution in [0, 0.1) is 5.92 Å². The van der Waals surface area contributed by atoms with E-state index in [0.29, 0.717) is 12.1 Å². The van der Waals surface area contributed by atoms with Crippen LogP contribution >= 0.6 is 0 Å². The maximum absolute atomic E-state index is 6.16. The topological polar surface area (TPSA) is 38.5 Å². The molecule has 0 radical (unpaired) electrons. The summed E-state index contributed by atoms with van der Waals surface area (Å²) in [5.41, 5.74) is 6.16. The Kier molecular flexibility index (Phi) is 6.32. The summed E-state index contributed by atoms with van der Waals surface area (Å²) < 4.78 is 5.05. The van der Waals surface area contributed by atoms with Gasteiger partial charge in [0.2, 0.25) is 0 Å². The molecule has 1 aliphatic rings. The van der Waals surface area contributed by atoms with Crippen LogP contribution in [-0.2, 0) is 4.74 Å². The average Bonchev–Trinajstić information content (AvgIpc) is 2.24. The van der Waals surface area contributed by atoms with E-state index in [9.17, 15) is 0 Å². The van der Waals surface area contributed by atoms with E-state index in [0.717, 1.165) is 31.9 Å². The average molecular weight is 228 g/mol. The monoisotopic (exact) mass is 228 g/mol. The van der Waals surface area contributed by atoms with Crippen molar-refractivity contribution in [2.75, 3.05) is 26.8 Å². The summed E-state index contributed by atoms with van der Waals surface area (Å²) in [5.74, 6) is 0.836. The molecule has 2 N–H and O–H groups in total. The molecular formula is C13H28N2O. The van der Waals surface area contributed by atoms with E-state index >= 15 is 0 Å². The van der Waals surface area contributed by atoms with Crippen molar-refractivity contribution in [2.45, 2.75) is 51.6 Å². The first-order valence-corrected chi connectivity index (χ1v) is 6.62. The molecule has 0 bridgehead atoms. The van der Waals surface area contributed by atoms with Gasteiger partial charge in [-0.05, 0) is 38.5 Å². The van der Waals surface area contributed by atoms with Gasteiger partial charge in [0.1, 0.15) is 0 Å². The third kappa shape index (κ3) is 4.81. The molecule has 1 heterocycles. The minimum atomic E-state index is 0.308. The number of likely N-dealkylation sites (tertiary alicyclic amines) is 1. The lowest BCUT2D eigenvalue weighted by atomic mass is 9.94. The Labute approximate surface area is 100 Å². The Morgan fingerprint density at radius 1 is 1.38 bits per heavy atom. The van der Waals surface area contributed by atoms with Gasteiger partial charge in [0.25, 0.3) is 0 Å². The maximum atomic E-state index is 6.16. The van der Waals surface area contributed by atoms with Crippen molar-refractivity contribution in [2.24, 2.45) is 11.7 Å². The van der Waals surface area contributed by atoms with Crippen molar-refractivity contribution in [1.82, 2.24) is 4.90 Å². The Morgan fingerprint density at radius 2 is 2.12 bits per heavy atom. The van der Waals surface area contributed by atoms with E-state index in [-0.39, 0.29) is 0 Å². The number of piperidine rings is 1. The fourth-order valence-electron chi connectivity index (χ4n) is 2.52. The van der Waals surface area contributed by atoms with Crippen LogP contribution in [0.3, 0.4) is 0 Å². The summed E-state index contributed by atoms with van der Waals surface area (Å²) >= 11 is 0. The fraction of sp³-hybridized carbons (Fsp3) is 1.00. The number of hydrogen-bond donors (Lipinski definition) is 1. The molecule has 1 fully saturated rings. The van der Waals surface area contributed by atoms with Crippen LogP contribution in [0.1, 0.15) is 39.5 Å². The van der Waals surface area contributed by atoms with E-state index in [1.807, 2.05) is 0 Å². The molecule has 0 aromatic rings. The number of rotatable bonds is 6. The highest BCUT2D eigenvalue weighted by Gasteiger charge is 2.23. The minimum Gasteiger partial charge on any atom is -0.385 e. The van der Waals surface area contributed by atoms with Crippen molar-refractivity contribution < 1.29 is 4.74 Å². The second kappa shape index (κ2) is 7.25. The zero-order chi connectivity index (χ0) is 12.0. The summed E-state index contributed by atoms with van der Waals surface area (Å²) in [6, 6.07) is 1.02. The molecule has 0 aromatic heterocycles. The van der Waals surface area contributed by atoms with Crippen LogP contribution in [0.25, 0.3) is 0 Å². The standard InChI is InChI=1S/C13H28N2O/c1-11-6-7-12(2)15(9-11)10-13(14)5-4-8-16-3/h11-13H,4-10,14H2,1-3H3. The fourth-order valence-corrected chi connectivity index (χ4v) is 2.52. The lowest BCUT2D eigenvalue weighted by Gasteiger charge is -2.38. The Morgan fingerprint density at radius 3 is 2.81 bits per heavy atom. The van der Waals surface area contributed by atoms with Gasteiger partial charge in [-0.3, -0.25) is 4.90 Å². The van der Waals surface area contributed by atoms with Crippen LogP contribution in [-0.4, -0.2) is 43.8 Å². The van der Waals surface area contributed by atoms with E-state index in [1.165, 1.54) is 19.4 Å². The number of nitrogens with two attached hydrogens (primary N) is 1. The summed E-state index contributed by atoms with van der Waals surface area (Å²) in [7, 11) is 1.75. The second-order valence-electron chi connectivity index (χ2n) is 5.38. The van der Waals surface area contributed by atoms with Crippen molar-refractivity contribution in [3.8, 4) is 0 Å². The molecule has 1 aliphatic heterocycles. The molecule has 3 heteroatoms. The highest BCUT2D eigenvalue weighted by atomic mass is 16.5. The minimum absolute atomic E-state index is 0.308. The maximum Gasteiger partial charge on any atom is 0.0462 e. The molecule has 3 unspecified atom stereocenters. The second-order valence-corrected chi connectivity index (χ2v) is 5.38. The van der Waals surface area contributed by atoms with Crippen molar-refractivity contribution in [3.05, 3.63) is 0 Å². The molecule has 3 nitrogen and oxygen atoms in total. The highest BCUT2D eigenvalue weighted by Crippen LogP contribution is 2.21. The first-order chi connectivity index (χ1) is 7.63.